The summed E-state index contributed by atoms with van der Waals surface area (Å²) < 4.78 is 24.0. The van der Waals surface area contributed by atoms with Crippen LogP contribution in [0.5, 0.6) is 0 Å². The van der Waals surface area contributed by atoms with Crippen molar-refractivity contribution >= 4 is 27.7 Å². The molecule has 1 aliphatic carbocycles. The summed E-state index contributed by atoms with van der Waals surface area (Å²) in [4.78, 5) is 23.0. The number of ether oxygens (including phenoxy) is 2. The number of esters is 1. The van der Waals surface area contributed by atoms with Crippen molar-refractivity contribution in [1.82, 2.24) is 0 Å². The Morgan fingerprint density at radius 3 is 2.60 bits per heavy atom. The van der Waals surface area contributed by atoms with E-state index in [9.17, 15) is 14.0 Å². The zero-order valence-electron chi connectivity index (χ0n) is 11.3. The van der Waals surface area contributed by atoms with E-state index in [1.165, 1.54) is 6.08 Å². The van der Waals surface area contributed by atoms with Gasteiger partial charge in [0.25, 0.3) is 5.78 Å². The van der Waals surface area contributed by atoms with Crippen LogP contribution >= 0.6 is 15.9 Å². The van der Waals surface area contributed by atoms with Crippen LogP contribution in [0.25, 0.3) is 0 Å². The highest BCUT2D eigenvalue weighted by atomic mass is 79.9. The minimum absolute atomic E-state index is 0.0943. The second-order valence-corrected chi connectivity index (χ2v) is 4.93. The number of carbonyl (C=O) groups excluding carboxylic acids is 2. The maximum Gasteiger partial charge on any atom is 0.379 e. The van der Waals surface area contributed by atoms with Crippen LogP contribution in [-0.4, -0.2) is 25.0 Å². The molecule has 0 aromatic carbocycles. The number of hydrogen-bond donors (Lipinski definition) is 0. The van der Waals surface area contributed by atoms with E-state index in [0.29, 0.717) is 11.1 Å². The van der Waals surface area contributed by atoms with Crippen LogP contribution in [0.4, 0.5) is 4.39 Å². The van der Waals surface area contributed by atoms with Crippen LogP contribution in [0, 0.1) is 5.92 Å². The SMILES string of the molecule is CCOC(=O)C(=O)/C=C(\OCC)C1C=C(Br)C=C(F)C1. The van der Waals surface area contributed by atoms with Gasteiger partial charge in [-0.15, -0.1) is 0 Å². The minimum atomic E-state index is -0.945. The lowest BCUT2D eigenvalue weighted by molar-refractivity contribution is -0.151. The van der Waals surface area contributed by atoms with Gasteiger partial charge in [-0.1, -0.05) is 22.0 Å². The molecule has 1 rings (SSSR count). The zero-order chi connectivity index (χ0) is 15.1. The molecular weight excluding hydrogens is 331 g/mol. The van der Waals surface area contributed by atoms with Gasteiger partial charge >= 0.3 is 5.97 Å². The van der Waals surface area contributed by atoms with Crippen LogP contribution in [-0.2, 0) is 19.1 Å². The summed E-state index contributed by atoms with van der Waals surface area (Å²) in [7, 11) is 0. The molecule has 20 heavy (non-hydrogen) atoms. The van der Waals surface area contributed by atoms with Gasteiger partial charge in [-0.05, 0) is 19.9 Å². The molecule has 0 aromatic heterocycles. The number of rotatable bonds is 6. The average Bonchev–Trinajstić information content (AvgIpc) is 2.37. The lowest BCUT2D eigenvalue weighted by atomic mass is 9.97. The topological polar surface area (TPSA) is 52.6 Å². The highest BCUT2D eigenvalue weighted by Crippen LogP contribution is 2.31. The summed E-state index contributed by atoms with van der Waals surface area (Å²) in [5, 5.41) is 0. The Labute approximate surface area is 125 Å². The van der Waals surface area contributed by atoms with Crippen LogP contribution < -0.4 is 0 Å². The van der Waals surface area contributed by atoms with Crippen molar-refractivity contribution in [1.29, 1.82) is 0 Å². The molecule has 0 amide bonds. The predicted octanol–water partition coefficient (Wildman–Crippen LogP) is 3.19. The molecule has 0 bridgehead atoms. The van der Waals surface area contributed by atoms with Crippen LogP contribution in [0.15, 0.2) is 34.3 Å². The van der Waals surface area contributed by atoms with Crippen molar-refractivity contribution in [2.45, 2.75) is 20.3 Å². The largest absolute Gasteiger partial charge is 0.497 e. The van der Waals surface area contributed by atoms with E-state index in [1.54, 1.807) is 19.9 Å². The van der Waals surface area contributed by atoms with Crippen LogP contribution in [0.1, 0.15) is 20.3 Å². The number of ketones is 1. The summed E-state index contributed by atoms with van der Waals surface area (Å²) in [5.41, 5.74) is 0. The fourth-order valence-corrected chi connectivity index (χ4v) is 2.28. The number of hydrogen-bond acceptors (Lipinski definition) is 4. The third-order valence-electron chi connectivity index (χ3n) is 2.50. The van der Waals surface area contributed by atoms with Gasteiger partial charge in [0.2, 0.25) is 0 Å². The summed E-state index contributed by atoms with van der Waals surface area (Å²) in [6, 6.07) is 0. The average molecular weight is 347 g/mol. The molecule has 0 N–H and O–H groups in total. The second kappa shape index (κ2) is 7.99. The smallest absolute Gasteiger partial charge is 0.379 e. The van der Waals surface area contributed by atoms with Crippen molar-refractivity contribution in [2.24, 2.45) is 5.92 Å². The summed E-state index contributed by atoms with van der Waals surface area (Å²) in [5.74, 6) is -2.24. The molecule has 4 nitrogen and oxygen atoms in total. The van der Waals surface area contributed by atoms with Crippen LogP contribution in [0.3, 0.4) is 0 Å². The van der Waals surface area contributed by atoms with Gasteiger partial charge in [0.1, 0.15) is 11.6 Å². The molecule has 0 fully saturated rings. The molecule has 6 heteroatoms. The Kier molecular flexibility index (Phi) is 6.64. The molecule has 0 saturated carbocycles. The molecule has 0 saturated heterocycles. The second-order valence-electron chi connectivity index (χ2n) is 4.02. The Balaban J connectivity index is 2.92. The highest BCUT2D eigenvalue weighted by Gasteiger charge is 2.22. The molecule has 0 aliphatic heterocycles. The van der Waals surface area contributed by atoms with E-state index in [1.807, 2.05) is 0 Å². The first kappa shape index (κ1) is 16.6. The quantitative estimate of drug-likeness (QED) is 0.321. The monoisotopic (exact) mass is 346 g/mol. The van der Waals surface area contributed by atoms with Crippen LogP contribution in [0.2, 0.25) is 0 Å². The summed E-state index contributed by atoms with van der Waals surface area (Å²) in [6.07, 6.45) is 4.24. The molecule has 0 spiro atoms. The Morgan fingerprint density at radius 1 is 1.40 bits per heavy atom. The van der Waals surface area contributed by atoms with Gasteiger partial charge in [0.15, 0.2) is 0 Å². The fraction of sp³-hybridized carbons (Fsp3) is 0.429. The van der Waals surface area contributed by atoms with E-state index in [0.717, 1.165) is 6.08 Å². The number of allylic oxidation sites excluding steroid dienone is 4. The van der Waals surface area contributed by atoms with Crippen molar-refractivity contribution in [3.8, 4) is 0 Å². The molecule has 0 radical (unpaired) electrons. The number of carbonyl (C=O) groups is 2. The van der Waals surface area contributed by atoms with Gasteiger partial charge in [0.05, 0.1) is 13.2 Å². The third kappa shape index (κ3) is 4.92. The first-order valence-corrected chi connectivity index (χ1v) is 7.06. The van der Waals surface area contributed by atoms with Crippen molar-refractivity contribution < 1.29 is 23.5 Å². The Hall–Kier alpha value is -1.43. The van der Waals surface area contributed by atoms with Gasteiger partial charge in [-0.25, -0.2) is 9.18 Å². The van der Waals surface area contributed by atoms with Gasteiger partial charge in [-0.3, -0.25) is 4.79 Å². The molecule has 1 unspecified atom stereocenters. The zero-order valence-corrected chi connectivity index (χ0v) is 12.9. The molecule has 0 heterocycles. The third-order valence-corrected chi connectivity index (χ3v) is 2.99. The summed E-state index contributed by atoms with van der Waals surface area (Å²) in [6.45, 7) is 3.79. The minimum Gasteiger partial charge on any atom is -0.497 e. The molecule has 1 aliphatic rings. The molecular formula is C14H16BrFO4. The standard InChI is InChI=1S/C14H16BrFO4/c1-3-19-13(8-12(17)14(18)20-4-2)9-5-10(15)7-11(16)6-9/h5,7-9H,3-4,6H2,1-2H3/b13-8-. The summed E-state index contributed by atoms with van der Waals surface area (Å²) >= 11 is 3.19. The lowest BCUT2D eigenvalue weighted by Crippen LogP contribution is -2.18. The van der Waals surface area contributed by atoms with E-state index in [4.69, 9.17) is 4.74 Å². The molecule has 0 aromatic rings. The molecule has 110 valence electrons. The van der Waals surface area contributed by atoms with E-state index < -0.39 is 17.7 Å². The van der Waals surface area contributed by atoms with Gasteiger partial charge in [-0.2, -0.15) is 0 Å². The van der Waals surface area contributed by atoms with Gasteiger partial charge in [0, 0.05) is 22.9 Å². The van der Waals surface area contributed by atoms with E-state index in [2.05, 4.69) is 20.7 Å². The van der Waals surface area contributed by atoms with E-state index >= 15 is 0 Å². The van der Waals surface area contributed by atoms with E-state index in [-0.39, 0.29) is 24.6 Å². The van der Waals surface area contributed by atoms with Crippen molar-refractivity contribution in [2.75, 3.05) is 13.2 Å². The van der Waals surface area contributed by atoms with Crippen molar-refractivity contribution in [3.63, 3.8) is 0 Å². The lowest BCUT2D eigenvalue weighted by Gasteiger charge is -2.19. The maximum absolute atomic E-state index is 13.4. The first-order valence-electron chi connectivity index (χ1n) is 6.26. The predicted molar refractivity (Wildman–Crippen MR) is 75.7 cm³/mol. The Bertz CT molecular complexity index is 480. The highest BCUT2D eigenvalue weighted by molar-refractivity contribution is 9.11. The first-order chi connectivity index (χ1) is 9.47. The normalized spacial score (nSPS) is 19.0. The number of halogens is 2. The molecule has 1 atom stereocenters. The fourth-order valence-electron chi connectivity index (χ4n) is 1.71. The Morgan fingerprint density at radius 2 is 2.05 bits per heavy atom. The van der Waals surface area contributed by atoms with Crippen molar-refractivity contribution in [3.05, 3.63) is 34.3 Å². The maximum atomic E-state index is 13.4. The van der Waals surface area contributed by atoms with Gasteiger partial charge < -0.3 is 9.47 Å².